The van der Waals surface area contributed by atoms with Crippen molar-refractivity contribution in [2.75, 3.05) is 0 Å². The number of benzene rings is 3. The van der Waals surface area contributed by atoms with Gasteiger partial charge in [0.05, 0.1) is 47.0 Å². The first kappa shape index (κ1) is 19.3. The van der Waals surface area contributed by atoms with Gasteiger partial charge in [0.1, 0.15) is 7.05 Å². The van der Waals surface area contributed by atoms with Gasteiger partial charge in [-0.25, -0.2) is 4.57 Å². The molecule has 0 atom stereocenters. The lowest BCUT2D eigenvalue weighted by Crippen LogP contribution is -2.38. The standard InChI is InChI=1S/C28H26N3Si/c1-16-12-21-25-19(15-29)8-7-9-22(25)31-23-14-20(32(4,5)6)13-18-10-11-30(3)28(26(18)23)24(17(16)2)27(21)31/h7-14H,1-6H3/q+1. The van der Waals surface area contributed by atoms with Gasteiger partial charge in [-0.2, -0.15) is 5.26 Å². The minimum Gasteiger partial charge on any atom is -0.307 e. The Morgan fingerprint density at radius 2 is 1.72 bits per heavy atom. The van der Waals surface area contributed by atoms with Crippen LogP contribution in [-0.2, 0) is 7.05 Å². The molecule has 0 unspecified atom stereocenters. The first-order valence-electron chi connectivity index (χ1n) is 11.2. The topological polar surface area (TPSA) is 32.1 Å². The SMILES string of the molecule is Cc1cc2c3c(C#N)cccc3n3c4cc([Si](C)(C)C)cc5cc[n+](C)c(c(c1C)c23)c54. The lowest BCUT2D eigenvalue weighted by molar-refractivity contribution is -0.643. The van der Waals surface area contributed by atoms with Crippen LogP contribution in [0, 0.1) is 25.2 Å². The zero-order valence-electron chi connectivity index (χ0n) is 19.5. The van der Waals surface area contributed by atoms with Crippen molar-refractivity contribution >= 4 is 62.3 Å². The first-order chi connectivity index (χ1) is 15.2. The summed E-state index contributed by atoms with van der Waals surface area (Å²) in [5.41, 5.74) is 8.19. The minimum absolute atomic E-state index is 0.744. The van der Waals surface area contributed by atoms with Crippen LogP contribution in [0.5, 0.6) is 0 Å². The fourth-order valence-corrected chi connectivity index (χ4v) is 6.64. The van der Waals surface area contributed by atoms with Crippen molar-refractivity contribution < 1.29 is 4.57 Å². The van der Waals surface area contributed by atoms with Crippen molar-refractivity contribution in [3.63, 3.8) is 0 Å². The average Bonchev–Trinajstić information content (AvgIpc) is 3.09. The Kier molecular flexibility index (Phi) is 3.67. The molecular formula is C28H26N3Si+. The van der Waals surface area contributed by atoms with Gasteiger partial charge in [-0.3, -0.25) is 0 Å². The first-order valence-corrected chi connectivity index (χ1v) is 14.7. The van der Waals surface area contributed by atoms with Gasteiger partial charge in [-0.1, -0.05) is 37.0 Å². The van der Waals surface area contributed by atoms with E-state index in [2.05, 4.69) is 92.1 Å². The summed E-state index contributed by atoms with van der Waals surface area (Å²) in [7, 11) is 0.613. The van der Waals surface area contributed by atoms with Crippen molar-refractivity contribution in [2.24, 2.45) is 7.05 Å². The second kappa shape index (κ2) is 6.09. The van der Waals surface area contributed by atoms with Crippen LogP contribution in [0.25, 0.3) is 49.0 Å². The van der Waals surface area contributed by atoms with E-state index < -0.39 is 8.07 Å². The number of nitriles is 1. The molecule has 0 bridgehead atoms. The molecule has 0 aliphatic heterocycles. The number of nitrogens with zero attached hydrogens (tertiary/aromatic N) is 3. The maximum atomic E-state index is 9.95. The van der Waals surface area contributed by atoms with Crippen molar-refractivity contribution in [1.82, 2.24) is 4.40 Å². The molecule has 4 heteroatoms. The molecule has 6 aromatic rings. The van der Waals surface area contributed by atoms with Crippen molar-refractivity contribution in [1.29, 1.82) is 5.26 Å². The summed E-state index contributed by atoms with van der Waals surface area (Å²) in [5, 5.41) is 17.5. The van der Waals surface area contributed by atoms with Crippen molar-refractivity contribution in [3.8, 4) is 6.07 Å². The number of hydrogen-bond acceptors (Lipinski definition) is 1. The highest BCUT2D eigenvalue weighted by Gasteiger charge is 2.27. The number of rotatable bonds is 1. The molecule has 3 heterocycles. The number of pyridine rings is 2. The molecule has 0 fully saturated rings. The van der Waals surface area contributed by atoms with Gasteiger partial charge < -0.3 is 4.40 Å². The van der Waals surface area contributed by atoms with Crippen molar-refractivity contribution in [2.45, 2.75) is 33.5 Å². The predicted molar refractivity (Wildman–Crippen MR) is 137 cm³/mol. The molecule has 0 amide bonds. The number of hydrogen-bond donors (Lipinski definition) is 0. The van der Waals surface area contributed by atoms with Gasteiger partial charge in [-0.15, -0.1) is 0 Å². The molecule has 0 N–H and O–H groups in total. The molecule has 0 aliphatic rings. The molecule has 156 valence electrons. The van der Waals surface area contributed by atoms with Gasteiger partial charge in [0.25, 0.3) is 0 Å². The molecule has 3 aromatic carbocycles. The predicted octanol–water partition coefficient (Wildman–Crippen LogP) is 5.85. The zero-order valence-corrected chi connectivity index (χ0v) is 20.5. The van der Waals surface area contributed by atoms with E-state index in [-0.39, 0.29) is 0 Å². The van der Waals surface area contributed by atoms with Gasteiger partial charge in [0.15, 0.2) is 6.20 Å². The minimum atomic E-state index is -1.54. The van der Waals surface area contributed by atoms with Crippen LogP contribution >= 0.6 is 0 Å². The third-order valence-electron chi connectivity index (χ3n) is 7.28. The Bertz CT molecular complexity index is 1790. The fraction of sp³-hybridized carbons (Fsp3) is 0.214. The number of aromatic nitrogens is 2. The Morgan fingerprint density at radius 1 is 0.938 bits per heavy atom. The van der Waals surface area contributed by atoms with Gasteiger partial charge >= 0.3 is 0 Å². The monoisotopic (exact) mass is 432 g/mol. The second-order valence-corrected chi connectivity index (χ2v) is 15.3. The Balaban J connectivity index is 2.10. The smallest absolute Gasteiger partial charge is 0.224 e. The average molecular weight is 433 g/mol. The van der Waals surface area contributed by atoms with Crippen LogP contribution in [0.15, 0.2) is 48.7 Å². The highest BCUT2D eigenvalue weighted by atomic mass is 28.3. The van der Waals surface area contributed by atoms with Gasteiger partial charge in [0.2, 0.25) is 5.52 Å². The van der Waals surface area contributed by atoms with Crippen LogP contribution in [-0.4, -0.2) is 12.5 Å². The molecule has 0 saturated heterocycles. The summed E-state index contributed by atoms with van der Waals surface area (Å²) in [5.74, 6) is 0. The van der Waals surface area contributed by atoms with E-state index in [1.165, 1.54) is 54.4 Å². The lowest BCUT2D eigenvalue weighted by Gasteiger charge is -2.20. The molecule has 3 nitrogen and oxygen atoms in total. The number of fused-ring (bicyclic) bond motifs is 5. The third-order valence-corrected chi connectivity index (χ3v) is 9.30. The molecule has 32 heavy (non-hydrogen) atoms. The van der Waals surface area contributed by atoms with E-state index in [1.807, 2.05) is 12.1 Å². The molecule has 0 radical (unpaired) electrons. The highest BCUT2D eigenvalue weighted by Crippen LogP contribution is 2.42. The van der Waals surface area contributed by atoms with E-state index in [9.17, 15) is 5.26 Å². The quantitative estimate of drug-likeness (QED) is 0.139. The van der Waals surface area contributed by atoms with E-state index >= 15 is 0 Å². The normalized spacial score (nSPS) is 12.7. The Morgan fingerprint density at radius 3 is 2.44 bits per heavy atom. The summed E-state index contributed by atoms with van der Waals surface area (Å²) in [4.78, 5) is 0. The third kappa shape index (κ3) is 2.27. The summed E-state index contributed by atoms with van der Waals surface area (Å²) in [6.07, 6.45) is 2.20. The highest BCUT2D eigenvalue weighted by molar-refractivity contribution is 6.89. The van der Waals surface area contributed by atoms with Crippen LogP contribution in [0.4, 0.5) is 0 Å². The second-order valence-electron chi connectivity index (χ2n) is 10.2. The van der Waals surface area contributed by atoms with Gasteiger partial charge in [0, 0.05) is 16.8 Å². The van der Waals surface area contributed by atoms with Crippen molar-refractivity contribution in [3.05, 3.63) is 65.4 Å². The Hall–Kier alpha value is -3.42. The fourth-order valence-electron chi connectivity index (χ4n) is 5.48. The van der Waals surface area contributed by atoms with E-state index in [0.717, 1.165) is 16.5 Å². The molecule has 3 aromatic heterocycles. The molecule has 0 spiro atoms. The summed E-state index contributed by atoms with van der Waals surface area (Å²) < 4.78 is 4.71. The maximum Gasteiger partial charge on any atom is 0.224 e. The van der Waals surface area contributed by atoms with E-state index in [4.69, 9.17) is 0 Å². The largest absolute Gasteiger partial charge is 0.307 e. The van der Waals surface area contributed by atoms with E-state index in [1.54, 1.807) is 0 Å². The van der Waals surface area contributed by atoms with Crippen LogP contribution < -0.4 is 9.75 Å². The van der Waals surface area contributed by atoms with E-state index in [0.29, 0.717) is 0 Å². The summed E-state index contributed by atoms with van der Waals surface area (Å²) in [6, 6.07) is 18.0. The van der Waals surface area contributed by atoms with Crippen LogP contribution in [0.2, 0.25) is 19.6 Å². The lowest BCUT2D eigenvalue weighted by atomic mass is 9.96. The molecular weight excluding hydrogens is 406 g/mol. The molecule has 0 saturated carbocycles. The zero-order chi connectivity index (χ0) is 22.5. The Labute approximate surface area is 188 Å². The van der Waals surface area contributed by atoms with Gasteiger partial charge in [-0.05, 0) is 54.6 Å². The summed E-state index contributed by atoms with van der Waals surface area (Å²) in [6.45, 7) is 11.6. The molecule has 6 rings (SSSR count). The maximum absolute atomic E-state index is 9.95. The van der Waals surface area contributed by atoms with Crippen LogP contribution in [0.3, 0.4) is 0 Å². The van der Waals surface area contributed by atoms with Crippen LogP contribution in [0.1, 0.15) is 16.7 Å². The molecule has 0 aliphatic carbocycles. The summed E-state index contributed by atoms with van der Waals surface area (Å²) >= 11 is 0. The number of aryl methyl sites for hydroxylation is 3.